The fraction of sp³-hybridized carbons (Fsp3) is 0.857. The highest BCUT2D eigenvalue weighted by atomic mass is 16.5. The summed E-state index contributed by atoms with van der Waals surface area (Å²) in [6, 6.07) is 0.729. The zero-order chi connectivity index (χ0) is 11.6. The highest BCUT2D eigenvalue weighted by molar-refractivity contribution is 4.76. The molecule has 0 spiro atoms. The lowest BCUT2D eigenvalue weighted by Crippen LogP contribution is -2.33. The van der Waals surface area contributed by atoms with Crippen molar-refractivity contribution in [3.05, 3.63) is 12.7 Å². The Balaban J connectivity index is 1.92. The first kappa shape index (κ1) is 13.7. The fourth-order valence-corrected chi connectivity index (χ4v) is 2.34. The maximum Gasteiger partial charge on any atom is 0.0576 e. The summed E-state index contributed by atoms with van der Waals surface area (Å²) in [4.78, 5) is 0. The zero-order valence-corrected chi connectivity index (χ0v) is 10.7. The molecule has 2 nitrogen and oxygen atoms in total. The van der Waals surface area contributed by atoms with Crippen LogP contribution in [0.1, 0.15) is 51.4 Å². The van der Waals surface area contributed by atoms with E-state index in [-0.39, 0.29) is 0 Å². The first-order chi connectivity index (χ1) is 7.86. The molecule has 0 aromatic rings. The maximum absolute atomic E-state index is 5.90. The molecule has 0 radical (unpaired) electrons. The monoisotopic (exact) mass is 225 g/mol. The van der Waals surface area contributed by atoms with Crippen LogP contribution >= 0.6 is 0 Å². The third kappa shape index (κ3) is 5.66. The summed E-state index contributed by atoms with van der Waals surface area (Å²) in [6.45, 7) is 4.68. The standard InChI is InChI=1S/C14H27NO/c1-3-4-5-6-7-12-16-14-10-8-13(15-2)9-11-14/h3,13-15H,1,4-12H2,2H3. The second-order valence-electron chi connectivity index (χ2n) is 4.77. The normalized spacial score (nSPS) is 25.6. The second-order valence-corrected chi connectivity index (χ2v) is 4.77. The molecule has 0 amide bonds. The van der Waals surface area contributed by atoms with Gasteiger partial charge in [0.25, 0.3) is 0 Å². The first-order valence-corrected chi connectivity index (χ1v) is 6.76. The Morgan fingerprint density at radius 2 is 1.94 bits per heavy atom. The third-order valence-corrected chi connectivity index (χ3v) is 3.49. The number of unbranched alkanes of at least 4 members (excludes halogenated alkanes) is 3. The van der Waals surface area contributed by atoms with Gasteiger partial charge in [-0.1, -0.05) is 12.5 Å². The van der Waals surface area contributed by atoms with Crippen molar-refractivity contribution in [3.8, 4) is 0 Å². The van der Waals surface area contributed by atoms with E-state index < -0.39 is 0 Å². The Bertz CT molecular complexity index is 174. The molecule has 1 N–H and O–H groups in total. The molecule has 0 aromatic heterocycles. The SMILES string of the molecule is C=CCCCCCOC1CCC(NC)CC1. The molecular weight excluding hydrogens is 198 g/mol. The van der Waals surface area contributed by atoms with E-state index in [1.807, 2.05) is 6.08 Å². The summed E-state index contributed by atoms with van der Waals surface area (Å²) in [5.74, 6) is 0. The van der Waals surface area contributed by atoms with E-state index in [9.17, 15) is 0 Å². The lowest BCUT2D eigenvalue weighted by molar-refractivity contribution is 0.0211. The summed E-state index contributed by atoms with van der Waals surface area (Å²) in [6.07, 6.45) is 12.4. The minimum absolute atomic E-state index is 0.531. The highest BCUT2D eigenvalue weighted by Crippen LogP contribution is 2.21. The van der Waals surface area contributed by atoms with Gasteiger partial charge in [-0.25, -0.2) is 0 Å². The molecule has 1 aliphatic rings. The molecule has 0 aliphatic heterocycles. The maximum atomic E-state index is 5.90. The smallest absolute Gasteiger partial charge is 0.0576 e. The van der Waals surface area contributed by atoms with Gasteiger partial charge in [0.05, 0.1) is 6.10 Å². The van der Waals surface area contributed by atoms with Gasteiger partial charge in [0.2, 0.25) is 0 Å². The van der Waals surface area contributed by atoms with Gasteiger partial charge in [0, 0.05) is 12.6 Å². The number of nitrogens with one attached hydrogen (secondary N) is 1. The van der Waals surface area contributed by atoms with Crippen LogP contribution in [0, 0.1) is 0 Å². The number of allylic oxidation sites excluding steroid dienone is 1. The Kier molecular flexibility index (Phi) is 7.52. The van der Waals surface area contributed by atoms with Crippen molar-refractivity contribution in [1.82, 2.24) is 5.32 Å². The van der Waals surface area contributed by atoms with Crippen molar-refractivity contribution in [2.75, 3.05) is 13.7 Å². The molecule has 0 bridgehead atoms. The molecule has 0 heterocycles. The summed E-state index contributed by atoms with van der Waals surface area (Å²) in [5.41, 5.74) is 0. The van der Waals surface area contributed by atoms with Crippen LogP contribution < -0.4 is 5.32 Å². The Hall–Kier alpha value is -0.340. The average Bonchev–Trinajstić information content (AvgIpc) is 2.34. The van der Waals surface area contributed by atoms with E-state index >= 15 is 0 Å². The van der Waals surface area contributed by atoms with Gasteiger partial charge in [0.1, 0.15) is 0 Å². The molecule has 1 saturated carbocycles. The highest BCUT2D eigenvalue weighted by Gasteiger charge is 2.19. The van der Waals surface area contributed by atoms with Crippen LogP contribution in [0.4, 0.5) is 0 Å². The van der Waals surface area contributed by atoms with Gasteiger partial charge in [-0.05, 0) is 52.0 Å². The Morgan fingerprint density at radius 1 is 1.19 bits per heavy atom. The van der Waals surface area contributed by atoms with Crippen LogP contribution in [0.3, 0.4) is 0 Å². The van der Waals surface area contributed by atoms with Gasteiger partial charge in [-0.3, -0.25) is 0 Å². The lowest BCUT2D eigenvalue weighted by atomic mass is 9.93. The predicted octanol–water partition coefficient (Wildman–Crippen LogP) is 3.28. The minimum atomic E-state index is 0.531. The Labute approximate surface area is 100 Å². The number of hydrogen-bond donors (Lipinski definition) is 1. The molecule has 94 valence electrons. The van der Waals surface area contributed by atoms with Gasteiger partial charge < -0.3 is 10.1 Å². The summed E-state index contributed by atoms with van der Waals surface area (Å²) in [7, 11) is 2.06. The molecule has 0 saturated heterocycles. The van der Waals surface area contributed by atoms with Crippen LogP contribution in [0.2, 0.25) is 0 Å². The zero-order valence-electron chi connectivity index (χ0n) is 10.7. The summed E-state index contributed by atoms with van der Waals surface area (Å²) in [5, 5.41) is 3.35. The van der Waals surface area contributed by atoms with Gasteiger partial charge in [-0.2, -0.15) is 0 Å². The minimum Gasteiger partial charge on any atom is -0.378 e. The van der Waals surface area contributed by atoms with Gasteiger partial charge in [-0.15, -0.1) is 6.58 Å². The van der Waals surface area contributed by atoms with Crippen molar-refractivity contribution in [2.24, 2.45) is 0 Å². The van der Waals surface area contributed by atoms with Crippen molar-refractivity contribution in [1.29, 1.82) is 0 Å². The van der Waals surface area contributed by atoms with E-state index in [0.29, 0.717) is 6.10 Å². The first-order valence-electron chi connectivity index (χ1n) is 6.76. The molecule has 0 aromatic carbocycles. The van der Waals surface area contributed by atoms with Crippen LogP contribution in [0.15, 0.2) is 12.7 Å². The summed E-state index contributed by atoms with van der Waals surface area (Å²) >= 11 is 0. The van der Waals surface area contributed by atoms with E-state index in [0.717, 1.165) is 19.1 Å². The van der Waals surface area contributed by atoms with Crippen molar-refractivity contribution >= 4 is 0 Å². The lowest BCUT2D eigenvalue weighted by Gasteiger charge is -2.28. The van der Waals surface area contributed by atoms with Gasteiger partial charge in [0.15, 0.2) is 0 Å². The van der Waals surface area contributed by atoms with Crippen LogP contribution in [-0.2, 0) is 4.74 Å². The predicted molar refractivity (Wildman–Crippen MR) is 69.7 cm³/mol. The molecule has 2 heteroatoms. The average molecular weight is 225 g/mol. The molecule has 1 fully saturated rings. The van der Waals surface area contributed by atoms with E-state index in [1.165, 1.54) is 44.9 Å². The second kappa shape index (κ2) is 8.77. The van der Waals surface area contributed by atoms with E-state index in [4.69, 9.17) is 4.74 Å². The molecule has 16 heavy (non-hydrogen) atoms. The van der Waals surface area contributed by atoms with Crippen LogP contribution in [0.5, 0.6) is 0 Å². The van der Waals surface area contributed by atoms with Crippen molar-refractivity contribution in [3.63, 3.8) is 0 Å². The van der Waals surface area contributed by atoms with Crippen LogP contribution in [-0.4, -0.2) is 25.8 Å². The Morgan fingerprint density at radius 3 is 2.56 bits per heavy atom. The van der Waals surface area contributed by atoms with Crippen molar-refractivity contribution < 1.29 is 4.74 Å². The van der Waals surface area contributed by atoms with E-state index in [1.54, 1.807) is 0 Å². The van der Waals surface area contributed by atoms with Crippen molar-refractivity contribution in [2.45, 2.75) is 63.5 Å². The number of hydrogen-bond acceptors (Lipinski definition) is 2. The fourth-order valence-electron chi connectivity index (χ4n) is 2.34. The third-order valence-electron chi connectivity index (χ3n) is 3.49. The largest absolute Gasteiger partial charge is 0.378 e. The molecule has 0 unspecified atom stereocenters. The van der Waals surface area contributed by atoms with Crippen LogP contribution in [0.25, 0.3) is 0 Å². The molecular formula is C14H27NO. The van der Waals surface area contributed by atoms with E-state index in [2.05, 4.69) is 18.9 Å². The molecule has 1 aliphatic carbocycles. The van der Waals surface area contributed by atoms with Gasteiger partial charge >= 0.3 is 0 Å². The molecule has 0 atom stereocenters. The quantitative estimate of drug-likeness (QED) is 0.505. The molecule has 1 rings (SSSR count). The number of rotatable bonds is 8. The topological polar surface area (TPSA) is 21.3 Å². The summed E-state index contributed by atoms with van der Waals surface area (Å²) < 4.78 is 5.90. The number of ether oxygens (including phenoxy) is 1.